The van der Waals surface area contributed by atoms with E-state index in [9.17, 15) is 9.59 Å². The third-order valence-corrected chi connectivity index (χ3v) is 3.81. The van der Waals surface area contributed by atoms with E-state index in [0.29, 0.717) is 24.7 Å². The van der Waals surface area contributed by atoms with Crippen LogP contribution in [0, 0.1) is 11.8 Å². The Hall–Kier alpha value is -1.99. The van der Waals surface area contributed by atoms with Crippen LogP contribution in [0.4, 0.5) is 0 Å². The molecule has 1 aliphatic heterocycles. The maximum atomic E-state index is 11.9. The highest BCUT2D eigenvalue weighted by molar-refractivity contribution is 6.30. The average Bonchev–Trinajstić information content (AvgIpc) is 2.47. The highest BCUT2D eigenvalue weighted by Gasteiger charge is 2.31. The van der Waals surface area contributed by atoms with Gasteiger partial charge in [0, 0.05) is 31.6 Å². The van der Waals surface area contributed by atoms with E-state index in [2.05, 4.69) is 11.8 Å². The van der Waals surface area contributed by atoms with Crippen LogP contribution in [0.2, 0.25) is 5.02 Å². The molecule has 1 atom stereocenters. The molecule has 0 spiro atoms. The van der Waals surface area contributed by atoms with Crippen molar-refractivity contribution in [1.29, 1.82) is 0 Å². The monoisotopic (exact) mass is 304 g/mol. The number of benzene rings is 1. The van der Waals surface area contributed by atoms with Crippen LogP contribution in [0.25, 0.3) is 0 Å². The number of rotatable bonds is 1. The van der Waals surface area contributed by atoms with Gasteiger partial charge in [0.05, 0.1) is 6.04 Å². The smallest absolute Gasteiger partial charge is 0.298 e. The van der Waals surface area contributed by atoms with Gasteiger partial charge in [0.25, 0.3) is 5.91 Å². The molecule has 1 aliphatic rings. The number of amides is 2. The zero-order chi connectivity index (χ0) is 15.4. The highest BCUT2D eigenvalue weighted by atomic mass is 35.5. The van der Waals surface area contributed by atoms with E-state index in [1.807, 2.05) is 12.1 Å². The molecule has 0 aliphatic carbocycles. The minimum absolute atomic E-state index is 0.00336. The Morgan fingerprint density at radius 2 is 1.90 bits per heavy atom. The molecule has 1 aromatic carbocycles. The topological polar surface area (TPSA) is 40.6 Å². The summed E-state index contributed by atoms with van der Waals surface area (Å²) in [6, 6.07) is 7.21. The Kier molecular flexibility index (Phi) is 4.87. The molecule has 0 aromatic heterocycles. The lowest BCUT2D eigenvalue weighted by atomic mass is 10.0. The molecule has 1 heterocycles. The highest BCUT2D eigenvalue weighted by Crippen LogP contribution is 2.26. The Morgan fingerprint density at radius 1 is 1.24 bits per heavy atom. The van der Waals surface area contributed by atoms with Gasteiger partial charge in [-0.2, -0.15) is 0 Å². The van der Waals surface area contributed by atoms with E-state index >= 15 is 0 Å². The quantitative estimate of drug-likeness (QED) is 0.746. The third-order valence-electron chi connectivity index (χ3n) is 3.56. The summed E-state index contributed by atoms with van der Waals surface area (Å²) in [5.74, 6) is 4.98. The molecule has 1 saturated heterocycles. The van der Waals surface area contributed by atoms with Crippen LogP contribution in [0.5, 0.6) is 0 Å². The summed E-state index contributed by atoms with van der Waals surface area (Å²) in [4.78, 5) is 27.2. The first-order valence-electron chi connectivity index (χ1n) is 6.77. The van der Waals surface area contributed by atoms with E-state index in [1.165, 1.54) is 0 Å². The molecule has 110 valence electrons. The number of carbonyl (C=O) groups is 2. The fraction of sp³-hybridized carbons (Fsp3) is 0.375. The van der Waals surface area contributed by atoms with Crippen molar-refractivity contribution in [2.24, 2.45) is 0 Å². The minimum atomic E-state index is -0.195. The third kappa shape index (κ3) is 3.56. The Morgan fingerprint density at radius 3 is 2.48 bits per heavy atom. The number of hydrogen-bond acceptors (Lipinski definition) is 2. The fourth-order valence-electron chi connectivity index (χ4n) is 2.50. The van der Waals surface area contributed by atoms with Gasteiger partial charge in [0.1, 0.15) is 0 Å². The normalized spacial score (nSPS) is 18.0. The molecule has 0 radical (unpaired) electrons. The molecule has 5 heteroatoms. The fourth-order valence-corrected chi connectivity index (χ4v) is 2.63. The molecule has 2 rings (SSSR count). The number of halogens is 1. The van der Waals surface area contributed by atoms with Crippen LogP contribution in [-0.4, -0.2) is 41.2 Å². The van der Waals surface area contributed by atoms with E-state index < -0.39 is 0 Å². The Balaban J connectivity index is 2.26. The maximum absolute atomic E-state index is 11.9. The molecule has 1 fully saturated rings. The Labute approximate surface area is 129 Å². The van der Waals surface area contributed by atoms with Gasteiger partial charge in [-0.1, -0.05) is 29.7 Å². The lowest BCUT2D eigenvalue weighted by Crippen LogP contribution is -2.51. The minimum Gasteiger partial charge on any atom is -0.332 e. The zero-order valence-electron chi connectivity index (χ0n) is 12.1. The van der Waals surface area contributed by atoms with Gasteiger partial charge in [0.15, 0.2) is 0 Å². The van der Waals surface area contributed by atoms with Crippen molar-refractivity contribution in [2.45, 2.75) is 19.9 Å². The molecule has 1 aromatic rings. The van der Waals surface area contributed by atoms with E-state index in [-0.39, 0.29) is 17.9 Å². The predicted octanol–water partition coefficient (Wildman–Crippen LogP) is 2.10. The summed E-state index contributed by atoms with van der Waals surface area (Å²) in [7, 11) is 0. The summed E-state index contributed by atoms with van der Waals surface area (Å²) < 4.78 is 0. The second-order valence-electron chi connectivity index (χ2n) is 4.91. The molecule has 21 heavy (non-hydrogen) atoms. The van der Waals surface area contributed by atoms with Gasteiger partial charge in [0.2, 0.25) is 5.91 Å². The number of hydrogen-bond donors (Lipinski definition) is 0. The standard InChI is InChI=1S/C16H17ClN2O2/c1-3-4-16(21)18-9-10-19(12(2)20)15(11-18)13-5-7-14(17)8-6-13/h5-8,15H,9-11H2,1-2H3. The van der Waals surface area contributed by atoms with Gasteiger partial charge in [-0.05, 0) is 30.5 Å². The SMILES string of the molecule is CC#CC(=O)N1CCN(C(C)=O)C(c2ccc(Cl)cc2)C1. The van der Waals surface area contributed by atoms with Crippen LogP contribution in [0.15, 0.2) is 24.3 Å². The van der Waals surface area contributed by atoms with Crippen LogP contribution in [-0.2, 0) is 9.59 Å². The second kappa shape index (κ2) is 6.64. The Bertz CT molecular complexity index is 601. The number of carbonyl (C=O) groups excluding carboxylic acids is 2. The second-order valence-corrected chi connectivity index (χ2v) is 5.34. The molecule has 1 unspecified atom stereocenters. The van der Waals surface area contributed by atoms with Gasteiger partial charge < -0.3 is 9.80 Å². The maximum Gasteiger partial charge on any atom is 0.298 e. The van der Waals surface area contributed by atoms with Gasteiger partial charge >= 0.3 is 0 Å². The lowest BCUT2D eigenvalue weighted by Gasteiger charge is -2.40. The van der Waals surface area contributed by atoms with Crippen molar-refractivity contribution >= 4 is 23.4 Å². The van der Waals surface area contributed by atoms with Crippen molar-refractivity contribution in [3.63, 3.8) is 0 Å². The van der Waals surface area contributed by atoms with Crippen molar-refractivity contribution < 1.29 is 9.59 Å². The summed E-state index contributed by atoms with van der Waals surface area (Å²) in [6.45, 7) is 4.66. The summed E-state index contributed by atoms with van der Waals surface area (Å²) in [5.41, 5.74) is 0.969. The summed E-state index contributed by atoms with van der Waals surface area (Å²) in [6.07, 6.45) is 0. The largest absolute Gasteiger partial charge is 0.332 e. The van der Waals surface area contributed by atoms with Crippen LogP contribution in [0.1, 0.15) is 25.5 Å². The molecular weight excluding hydrogens is 288 g/mol. The summed E-state index contributed by atoms with van der Waals surface area (Å²) >= 11 is 5.91. The first-order chi connectivity index (χ1) is 10.0. The zero-order valence-corrected chi connectivity index (χ0v) is 12.9. The molecule has 0 bridgehead atoms. The lowest BCUT2D eigenvalue weighted by molar-refractivity contribution is -0.139. The first kappa shape index (κ1) is 15.4. The van der Waals surface area contributed by atoms with Gasteiger partial charge in [-0.25, -0.2) is 0 Å². The van der Waals surface area contributed by atoms with Crippen LogP contribution < -0.4 is 0 Å². The van der Waals surface area contributed by atoms with Crippen molar-refractivity contribution in [2.75, 3.05) is 19.6 Å². The molecule has 2 amide bonds. The summed E-state index contributed by atoms with van der Waals surface area (Å²) in [5, 5.41) is 0.647. The van der Waals surface area contributed by atoms with Crippen molar-refractivity contribution in [3.8, 4) is 11.8 Å². The van der Waals surface area contributed by atoms with Crippen molar-refractivity contribution in [1.82, 2.24) is 9.80 Å². The van der Waals surface area contributed by atoms with E-state index in [1.54, 1.807) is 35.8 Å². The molecule has 0 N–H and O–H groups in total. The first-order valence-corrected chi connectivity index (χ1v) is 7.15. The molecule has 4 nitrogen and oxygen atoms in total. The van der Waals surface area contributed by atoms with Gasteiger partial charge in [-0.3, -0.25) is 9.59 Å². The van der Waals surface area contributed by atoms with Crippen LogP contribution >= 0.6 is 11.6 Å². The number of nitrogens with zero attached hydrogens (tertiary/aromatic N) is 2. The molecule has 0 saturated carbocycles. The average molecular weight is 305 g/mol. The predicted molar refractivity (Wildman–Crippen MR) is 81.6 cm³/mol. The van der Waals surface area contributed by atoms with E-state index in [0.717, 1.165) is 5.56 Å². The van der Waals surface area contributed by atoms with Crippen LogP contribution in [0.3, 0.4) is 0 Å². The number of piperazine rings is 1. The van der Waals surface area contributed by atoms with Crippen molar-refractivity contribution in [3.05, 3.63) is 34.9 Å². The van der Waals surface area contributed by atoms with Gasteiger partial charge in [-0.15, -0.1) is 0 Å². The van der Waals surface area contributed by atoms with E-state index in [4.69, 9.17) is 11.6 Å². The molecular formula is C16H17ClN2O2.